The van der Waals surface area contributed by atoms with E-state index in [1.807, 2.05) is 6.92 Å². The standard InChI is InChI=1S/C12H22N2O4/c1-7(14-10(17)18-11(2,3)4)8-5-12(13,6-8)9(15)16/h7-8H,5-6,13H2,1-4H3,(H,14,17)(H,15,16). The molecule has 0 heterocycles. The maximum atomic E-state index is 11.5. The van der Waals surface area contributed by atoms with Crippen molar-refractivity contribution in [2.45, 2.75) is 57.7 Å². The van der Waals surface area contributed by atoms with Crippen molar-refractivity contribution in [2.75, 3.05) is 0 Å². The average molecular weight is 258 g/mol. The highest BCUT2D eigenvalue weighted by atomic mass is 16.6. The predicted octanol–water partition coefficient (Wildman–Crippen LogP) is 1.09. The maximum Gasteiger partial charge on any atom is 0.407 e. The van der Waals surface area contributed by atoms with Gasteiger partial charge in [-0.3, -0.25) is 4.79 Å². The van der Waals surface area contributed by atoms with Crippen molar-refractivity contribution in [1.29, 1.82) is 0 Å². The quantitative estimate of drug-likeness (QED) is 0.703. The molecule has 0 radical (unpaired) electrons. The monoisotopic (exact) mass is 258 g/mol. The third-order valence-corrected chi connectivity index (χ3v) is 3.13. The van der Waals surface area contributed by atoms with Gasteiger partial charge in [0.1, 0.15) is 11.1 Å². The number of rotatable bonds is 3. The summed E-state index contributed by atoms with van der Waals surface area (Å²) in [4.78, 5) is 22.4. The van der Waals surface area contributed by atoms with Crippen LogP contribution in [0.1, 0.15) is 40.5 Å². The Bertz CT molecular complexity index is 342. The highest BCUT2D eigenvalue weighted by Gasteiger charge is 2.49. The first-order chi connectivity index (χ1) is 8.03. The summed E-state index contributed by atoms with van der Waals surface area (Å²) in [5.74, 6) is -0.901. The Morgan fingerprint density at radius 3 is 2.33 bits per heavy atom. The number of carbonyl (C=O) groups excluding carboxylic acids is 1. The second-order valence-corrected chi connectivity index (χ2v) is 6.06. The Balaban J connectivity index is 2.38. The van der Waals surface area contributed by atoms with E-state index in [-0.39, 0.29) is 12.0 Å². The molecule has 1 unspecified atom stereocenters. The molecule has 1 amide bonds. The number of nitrogens with two attached hydrogens (primary N) is 1. The topological polar surface area (TPSA) is 102 Å². The fourth-order valence-corrected chi connectivity index (χ4v) is 2.02. The van der Waals surface area contributed by atoms with Crippen LogP contribution in [0.3, 0.4) is 0 Å². The highest BCUT2D eigenvalue weighted by Crippen LogP contribution is 2.38. The lowest BCUT2D eigenvalue weighted by atomic mass is 9.66. The van der Waals surface area contributed by atoms with Gasteiger partial charge in [0.2, 0.25) is 0 Å². The number of carbonyl (C=O) groups is 2. The number of carboxylic acid groups (broad SMARTS) is 1. The van der Waals surface area contributed by atoms with Crippen LogP contribution >= 0.6 is 0 Å². The summed E-state index contributed by atoms with van der Waals surface area (Å²) in [5.41, 5.74) is 3.99. The molecule has 18 heavy (non-hydrogen) atoms. The molecule has 0 bridgehead atoms. The first-order valence-corrected chi connectivity index (χ1v) is 6.05. The van der Waals surface area contributed by atoms with Gasteiger partial charge in [-0.2, -0.15) is 0 Å². The molecule has 1 saturated carbocycles. The van der Waals surface area contributed by atoms with Crippen LogP contribution in [-0.2, 0) is 9.53 Å². The van der Waals surface area contributed by atoms with Crippen molar-refractivity contribution in [3.05, 3.63) is 0 Å². The second kappa shape index (κ2) is 4.76. The van der Waals surface area contributed by atoms with Crippen LogP contribution < -0.4 is 11.1 Å². The summed E-state index contributed by atoms with van der Waals surface area (Å²) >= 11 is 0. The first kappa shape index (κ1) is 14.8. The molecule has 6 heteroatoms. The number of ether oxygens (including phenoxy) is 1. The van der Waals surface area contributed by atoms with Crippen molar-refractivity contribution in [3.8, 4) is 0 Å². The minimum atomic E-state index is -1.13. The van der Waals surface area contributed by atoms with E-state index in [2.05, 4.69) is 5.32 Å². The molecule has 6 nitrogen and oxygen atoms in total. The molecule has 0 aromatic rings. The van der Waals surface area contributed by atoms with E-state index in [1.165, 1.54) is 0 Å². The molecule has 1 rings (SSSR count). The molecular weight excluding hydrogens is 236 g/mol. The summed E-state index contributed by atoms with van der Waals surface area (Å²) in [6.07, 6.45) is 0.262. The molecule has 0 aliphatic heterocycles. The number of hydrogen-bond acceptors (Lipinski definition) is 4. The Kier molecular flexibility index (Phi) is 3.90. The van der Waals surface area contributed by atoms with E-state index in [4.69, 9.17) is 15.6 Å². The molecular formula is C12H22N2O4. The zero-order chi connectivity index (χ0) is 14.1. The maximum absolute atomic E-state index is 11.5. The summed E-state index contributed by atoms with van der Waals surface area (Å²) in [6, 6.07) is -0.143. The highest BCUT2D eigenvalue weighted by molar-refractivity contribution is 5.80. The van der Waals surface area contributed by atoms with Gasteiger partial charge in [-0.15, -0.1) is 0 Å². The van der Waals surface area contributed by atoms with Gasteiger partial charge in [0, 0.05) is 6.04 Å². The van der Waals surface area contributed by atoms with E-state index in [9.17, 15) is 9.59 Å². The fraction of sp³-hybridized carbons (Fsp3) is 0.833. The van der Waals surface area contributed by atoms with E-state index in [1.54, 1.807) is 20.8 Å². The van der Waals surface area contributed by atoms with Crippen molar-refractivity contribution >= 4 is 12.1 Å². The normalized spacial score (nSPS) is 29.1. The smallest absolute Gasteiger partial charge is 0.407 e. The van der Waals surface area contributed by atoms with Crippen molar-refractivity contribution in [1.82, 2.24) is 5.32 Å². The molecule has 1 aliphatic carbocycles. The van der Waals surface area contributed by atoms with Gasteiger partial charge in [-0.05, 0) is 46.5 Å². The molecule has 0 spiro atoms. The molecule has 0 saturated heterocycles. The molecule has 104 valence electrons. The van der Waals surface area contributed by atoms with Gasteiger partial charge in [0.05, 0.1) is 0 Å². The van der Waals surface area contributed by atoms with Gasteiger partial charge >= 0.3 is 12.1 Å². The number of nitrogens with one attached hydrogen (secondary N) is 1. The first-order valence-electron chi connectivity index (χ1n) is 6.05. The Hall–Kier alpha value is -1.30. The summed E-state index contributed by atoms with van der Waals surface area (Å²) in [6.45, 7) is 7.19. The third-order valence-electron chi connectivity index (χ3n) is 3.13. The van der Waals surface area contributed by atoms with E-state index in [0.29, 0.717) is 12.8 Å². The lowest BCUT2D eigenvalue weighted by Crippen LogP contribution is -2.61. The summed E-state index contributed by atoms with van der Waals surface area (Å²) in [5, 5.41) is 11.6. The number of hydrogen-bond donors (Lipinski definition) is 3. The number of alkyl carbamates (subject to hydrolysis) is 1. The van der Waals surface area contributed by atoms with Gasteiger partial charge in [0.15, 0.2) is 0 Å². The van der Waals surface area contributed by atoms with E-state index < -0.39 is 23.2 Å². The Morgan fingerprint density at radius 2 is 1.94 bits per heavy atom. The van der Waals surface area contributed by atoms with Crippen LogP contribution in [0.5, 0.6) is 0 Å². The zero-order valence-corrected chi connectivity index (χ0v) is 11.3. The number of carboxylic acids is 1. The minimum absolute atomic E-state index is 0.0821. The molecule has 4 N–H and O–H groups in total. The molecule has 1 aliphatic rings. The predicted molar refractivity (Wildman–Crippen MR) is 66.1 cm³/mol. The fourth-order valence-electron chi connectivity index (χ4n) is 2.02. The second-order valence-electron chi connectivity index (χ2n) is 6.06. The Morgan fingerprint density at radius 1 is 1.44 bits per heavy atom. The summed E-state index contributed by atoms with van der Waals surface area (Å²) < 4.78 is 5.13. The molecule has 1 fully saturated rings. The van der Waals surface area contributed by atoms with Crippen LogP contribution in [0, 0.1) is 5.92 Å². The Labute approximate surface area is 107 Å². The van der Waals surface area contributed by atoms with Gasteiger partial charge in [-0.1, -0.05) is 0 Å². The number of amides is 1. The van der Waals surface area contributed by atoms with Crippen molar-refractivity contribution < 1.29 is 19.4 Å². The van der Waals surface area contributed by atoms with Crippen LogP contribution in [-0.4, -0.2) is 34.4 Å². The minimum Gasteiger partial charge on any atom is -0.480 e. The van der Waals surface area contributed by atoms with E-state index in [0.717, 1.165) is 0 Å². The summed E-state index contributed by atoms with van der Waals surface area (Å²) in [7, 11) is 0. The molecule has 1 atom stereocenters. The van der Waals surface area contributed by atoms with Crippen molar-refractivity contribution in [2.24, 2.45) is 11.7 Å². The lowest BCUT2D eigenvalue weighted by Gasteiger charge is -2.44. The average Bonchev–Trinajstić information content (AvgIpc) is 2.08. The van der Waals surface area contributed by atoms with E-state index >= 15 is 0 Å². The molecule has 0 aromatic heterocycles. The number of aliphatic carboxylic acids is 1. The zero-order valence-electron chi connectivity index (χ0n) is 11.3. The van der Waals surface area contributed by atoms with Gasteiger partial charge < -0.3 is 20.9 Å². The lowest BCUT2D eigenvalue weighted by molar-refractivity contribution is -0.149. The SMILES string of the molecule is CC(NC(=O)OC(C)(C)C)C1CC(N)(C(=O)O)C1. The molecule has 0 aromatic carbocycles. The van der Waals surface area contributed by atoms with Crippen LogP contribution in [0.2, 0.25) is 0 Å². The van der Waals surface area contributed by atoms with Crippen LogP contribution in [0.25, 0.3) is 0 Å². The van der Waals surface area contributed by atoms with Crippen LogP contribution in [0.4, 0.5) is 4.79 Å². The van der Waals surface area contributed by atoms with Gasteiger partial charge in [0.25, 0.3) is 0 Å². The van der Waals surface area contributed by atoms with Crippen LogP contribution in [0.15, 0.2) is 0 Å². The van der Waals surface area contributed by atoms with Gasteiger partial charge in [-0.25, -0.2) is 4.79 Å². The largest absolute Gasteiger partial charge is 0.480 e. The van der Waals surface area contributed by atoms with Crippen molar-refractivity contribution in [3.63, 3.8) is 0 Å². The third kappa shape index (κ3) is 3.60.